The number of ketones is 1. The maximum absolute atomic E-state index is 12.6. The van der Waals surface area contributed by atoms with Crippen LogP contribution in [0.5, 0.6) is 0 Å². The van der Waals surface area contributed by atoms with Gasteiger partial charge in [0.2, 0.25) is 0 Å². The number of carbonyl (C=O) groups excluding carboxylic acids is 1. The molecule has 6 heteroatoms. The fourth-order valence-corrected chi connectivity index (χ4v) is 2.52. The van der Waals surface area contributed by atoms with Crippen molar-refractivity contribution in [1.29, 1.82) is 0 Å². The van der Waals surface area contributed by atoms with Crippen LogP contribution in [-0.2, 0) is 12.7 Å². The van der Waals surface area contributed by atoms with E-state index in [1.54, 1.807) is 18.3 Å². The Bertz CT molecular complexity index is 695. The quantitative estimate of drug-likeness (QED) is 0.848. The first-order valence-corrected chi connectivity index (χ1v) is 6.84. The molecule has 1 aliphatic heterocycles. The van der Waals surface area contributed by atoms with Gasteiger partial charge >= 0.3 is 6.18 Å². The van der Waals surface area contributed by atoms with Crippen LogP contribution in [0, 0.1) is 0 Å². The number of alkyl halides is 3. The smallest absolute Gasteiger partial charge is 0.351 e. The third-order valence-electron chi connectivity index (χ3n) is 3.65. The number of anilines is 1. The summed E-state index contributed by atoms with van der Waals surface area (Å²) in [5.41, 5.74) is 0.656. The highest BCUT2D eigenvalue weighted by molar-refractivity contribution is 6.02. The van der Waals surface area contributed by atoms with Gasteiger partial charge in [-0.25, -0.2) is 4.98 Å². The van der Waals surface area contributed by atoms with Crippen LogP contribution in [0.15, 0.2) is 42.6 Å². The van der Waals surface area contributed by atoms with E-state index in [-0.39, 0.29) is 5.78 Å². The van der Waals surface area contributed by atoms with E-state index >= 15 is 0 Å². The zero-order valence-corrected chi connectivity index (χ0v) is 11.6. The largest absolute Gasteiger partial charge is 0.416 e. The van der Waals surface area contributed by atoms with Crippen molar-refractivity contribution >= 4 is 11.6 Å². The molecule has 0 bridgehead atoms. The molecule has 22 heavy (non-hydrogen) atoms. The number of pyridine rings is 1. The lowest BCUT2D eigenvalue weighted by Gasteiger charge is -2.29. The summed E-state index contributed by atoms with van der Waals surface area (Å²) >= 11 is 0. The number of fused-ring (bicyclic) bond motifs is 1. The molecule has 0 fully saturated rings. The van der Waals surface area contributed by atoms with E-state index in [0.29, 0.717) is 30.9 Å². The van der Waals surface area contributed by atoms with E-state index in [1.165, 1.54) is 12.1 Å². The second-order valence-electron chi connectivity index (χ2n) is 5.16. The minimum Gasteiger partial charge on any atom is -0.351 e. The molecule has 2 heterocycles. The maximum atomic E-state index is 12.6. The Morgan fingerprint density at radius 3 is 2.55 bits per heavy atom. The van der Waals surface area contributed by atoms with E-state index < -0.39 is 11.7 Å². The molecule has 3 rings (SSSR count). The van der Waals surface area contributed by atoms with Crippen molar-refractivity contribution in [2.24, 2.45) is 0 Å². The second-order valence-corrected chi connectivity index (χ2v) is 5.16. The number of benzene rings is 1. The van der Waals surface area contributed by atoms with Crippen molar-refractivity contribution in [3.05, 3.63) is 59.3 Å². The lowest BCUT2D eigenvalue weighted by Crippen LogP contribution is -2.32. The number of rotatable bonds is 2. The third kappa shape index (κ3) is 2.81. The van der Waals surface area contributed by atoms with E-state index in [0.717, 1.165) is 17.7 Å². The highest BCUT2D eigenvalue weighted by Gasteiger charge is 2.30. The topological polar surface area (TPSA) is 33.2 Å². The van der Waals surface area contributed by atoms with Gasteiger partial charge in [-0.15, -0.1) is 0 Å². The van der Waals surface area contributed by atoms with Crippen LogP contribution < -0.4 is 4.90 Å². The molecule has 114 valence electrons. The van der Waals surface area contributed by atoms with Gasteiger partial charge in [0.25, 0.3) is 0 Å². The highest BCUT2D eigenvalue weighted by Crippen LogP contribution is 2.30. The van der Waals surface area contributed by atoms with Crippen molar-refractivity contribution < 1.29 is 18.0 Å². The molecule has 0 spiro atoms. The van der Waals surface area contributed by atoms with Gasteiger partial charge in [-0.3, -0.25) is 4.79 Å². The van der Waals surface area contributed by atoms with Crippen molar-refractivity contribution in [1.82, 2.24) is 4.98 Å². The van der Waals surface area contributed by atoms with Crippen molar-refractivity contribution in [2.45, 2.75) is 19.1 Å². The molecule has 0 N–H and O–H groups in total. The Morgan fingerprint density at radius 1 is 1.14 bits per heavy atom. The Hall–Kier alpha value is -2.37. The standard InChI is InChI=1S/C16H13F3N2O/c17-16(18,19)12-5-3-11(4-6-12)10-21-9-7-14(22)13-2-1-8-20-15(13)21/h1-6,8H,7,9-10H2. The molecule has 0 atom stereocenters. The Kier molecular flexibility index (Phi) is 3.60. The monoisotopic (exact) mass is 306 g/mol. The Labute approximate surface area is 125 Å². The lowest BCUT2D eigenvalue weighted by atomic mass is 10.0. The lowest BCUT2D eigenvalue weighted by molar-refractivity contribution is -0.137. The molecule has 2 aromatic rings. The van der Waals surface area contributed by atoms with Gasteiger partial charge in [-0.1, -0.05) is 12.1 Å². The first kappa shape index (κ1) is 14.6. The van der Waals surface area contributed by atoms with Gasteiger partial charge < -0.3 is 4.90 Å². The van der Waals surface area contributed by atoms with Gasteiger partial charge in [0.15, 0.2) is 5.78 Å². The molecule has 1 aliphatic rings. The van der Waals surface area contributed by atoms with Gasteiger partial charge in [-0.2, -0.15) is 13.2 Å². The van der Waals surface area contributed by atoms with Crippen LogP contribution in [0.2, 0.25) is 0 Å². The normalized spacial score (nSPS) is 14.9. The summed E-state index contributed by atoms with van der Waals surface area (Å²) in [5.74, 6) is 0.644. The predicted octanol–water partition coefficient (Wildman–Crippen LogP) is 3.69. The minimum absolute atomic E-state index is 0.0479. The van der Waals surface area contributed by atoms with Gasteiger partial charge in [0.1, 0.15) is 5.82 Å². The summed E-state index contributed by atoms with van der Waals surface area (Å²) in [6.45, 7) is 0.944. The van der Waals surface area contributed by atoms with E-state index in [2.05, 4.69) is 4.98 Å². The average molecular weight is 306 g/mol. The van der Waals surface area contributed by atoms with Gasteiger partial charge in [-0.05, 0) is 29.8 Å². The fraction of sp³-hybridized carbons (Fsp3) is 0.250. The second kappa shape index (κ2) is 5.44. The first-order chi connectivity index (χ1) is 10.4. The number of Topliss-reactive ketones (excluding diaryl/α,β-unsaturated/α-hetero) is 1. The third-order valence-corrected chi connectivity index (χ3v) is 3.65. The van der Waals surface area contributed by atoms with Gasteiger partial charge in [0.05, 0.1) is 11.1 Å². The number of hydrogen-bond acceptors (Lipinski definition) is 3. The van der Waals surface area contributed by atoms with Crippen molar-refractivity contribution in [3.63, 3.8) is 0 Å². The van der Waals surface area contributed by atoms with Crippen LogP contribution in [-0.4, -0.2) is 17.3 Å². The molecule has 0 saturated carbocycles. The summed E-state index contributed by atoms with van der Waals surface area (Å²) in [7, 11) is 0. The number of aromatic nitrogens is 1. The minimum atomic E-state index is -4.33. The average Bonchev–Trinajstić information content (AvgIpc) is 2.50. The molecule has 0 amide bonds. The van der Waals surface area contributed by atoms with Crippen LogP contribution in [0.1, 0.15) is 27.9 Å². The molecule has 0 radical (unpaired) electrons. The molecule has 1 aromatic heterocycles. The van der Waals surface area contributed by atoms with E-state index in [1.807, 2.05) is 4.90 Å². The van der Waals surface area contributed by atoms with Gasteiger partial charge in [0, 0.05) is 25.7 Å². The van der Waals surface area contributed by atoms with Crippen LogP contribution in [0.25, 0.3) is 0 Å². The molecule has 0 saturated heterocycles. The number of carbonyl (C=O) groups is 1. The van der Waals surface area contributed by atoms with Crippen molar-refractivity contribution in [3.8, 4) is 0 Å². The Morgan fingerprint density at radius 2 is 1.86 bits per heavy atom. The van der Waals surface area contributed by atoms with E-state index in [9.17, 15) is 18.0 Å². The summed E-state index contributed by atoms with van der Waals surface area (Å²) in [6.07, 6.45) is -2.33. The SMILES string of the molecule is O=C1CCN(Cc2ccc(C(F)(F)F)cc2)c2ncccc21. The summed E-state index contributed by atoms with van der Waals surface area (Å²) in [5, 5.41) is 0. The molecule has 3 nitrogen and oxygen atoms in total. The van der Waals surface area contributed by atoms with Crippen LogP contribution in [0.4, 0.5) is 19.0 Å². The van der Waals surface area contributed by atoms with Crippen LogP contribution >= 0.6 is 0 Å². The highest BCUT2D eigenvalue weighted by atomic mass is 19.4. The zero-order valence-electron chi connectivity index (χ0n) is 11.6. The fourth-order valence-electron chi connectivity index (χ4n) is 2.52. The summed E-state index contributed by atoms with van der Waals surface area (Å²) in [6, 6.07) is 8.50. The molecular formula is C16H13F3N2O. The molecular weight excluding hydrogens is 293 g/mol. The zero-order chi connectivity index (χ0) is 15.7. The van der Waals surface area contributed by atoms with E-state index in [4.69, 9.17) is 0 Å². The number of hydrogen-bond donors (Lipinski definition) is 0. The summed E-state index contributed by atoms with van der Waals surface area (Å²) in [4.78, 5) is 18.0. The first-order valence-electron chi connectivity index (χ1n) is 6.84. The molecule has 1 aromatic carbocycles. The Balaban J connectivity index is 1.82. The van der Waals surface area contributed by atoms with Crippen LogP contribution in [0.3, 0.4) is 0 Å². The number of nitrogens with zero attached hydrogens (tertiary/aromatic N) is 2. The van der Waals surface area contributed by atoms with Crippen molar-refractivity contribution in [2.75, 3.05) is 11.4 Å². The molecule has 0 aliphatic carbocycles. The maximum Gasteiger partial charge on any atom is 0.416 e. The summed E-state index contributed by atoms with van der Waals surface area (Å²) < 4.78 is 37.7. The molecule has 0 unspecified atom stereocenters. The predicted molar refractivity (Wildman–Crippen MR) is 75.7 cm³/mol. The number of halogens is 3.